The van der Waals surface area contributed by atoms with Gasteiger partial charge in [0.25, 0.3) is 5.91 Å². The molecule has 3 aliphatic rings. The lowest BCUT2D eigenvalue weighted by Crippen LogP contribution is -2.59. The molecule has 0 aromatic heterocycles. The van der Waals surface area contributed by atoms with Crippen molar-refractivity contribution in [2.75, 3.05) is 11.9 Å². The molecule has 2 heterocycles. The summed E-state index contributed by atoms with van der Waals surface area (Å²) in [6.45, 7) is 6.97. The fourth-order valence-corrected chi connectivity index (χ4v) is 5.59. The number of anilines is 1. The second kappa shape index (κ2) is 10.1. The average Bonchev–Trinajstić information content (AvgIpc) is 3.18. The lowest BCUT2D eigenvalue weighted by Gasteiger charge is -2.34. The third-order valence-corrected chi connectivity index (χ3v) is 7.87. The Bertz CT molecular complexity index is 1230. The van der Waals surface area contributed by atoms with E-state index in [2.05, 4.69) is 10.6 Å². The summed E-state index contributed by atoms with van der Waals surface area (Å²) in [6, 6.07) is 5.00. The Morgan fingerprint density at radius 3 is 2.51 bits per heavy atom. The maximum Gasteiger partial charge on any atom is 0.471 e. The highest BCUT2D eigenvalue weighted by molar-refractivity contribution is 5.98. The third kappa shape index (κ3) is 5.37. The molecule has 1 aliphatic carbocycles. The van der Waals surface area contributed by atoms with Crippen LogP contribution in [0, 0.1) is 34.5 Å². The normalized spacial score (nSPS) is 26.2. The molecule has 2 unspecified atom stereocenters. The van der Waals surface area contributed by atoms with Gasteiger partial charge in [0, 0.05) is 13.0 Å². The Morgan fingerprint density at radius 2 is 1.90 bits per heavy atom. The van der Waals surface area contributed by atoms with Gasteiger partial charge >= 0.3 is 12.1 Å². The van der Waals surface area contributed by atoms with Gasteiger partial charge in [0.05, 0.1) is 11.8 Å². The number of halogens is 3. The van der Waals surface area contributed by atoms with E-state index in [0.29, 0.717) is 11.4 Å². The second-order valence-corrected chi connectivity index (χ2v) is 11.1. The predicted octanol–water partition coefficient (Wildman–Crippen LogP) is 1.97. The fraction of sp³-hybridized carbons (Fsp3) is 0.577. The van der Waals surface area contributed by atoms with Gasteiger partial charge in [-0.05, 0) is 35.3 Å². The van der Waals surface area contributed by atoms with E-state index < -0.39 is 60.0 Å². The van der Waals surface area contributed by atoms with Gasteiger partial charge in [0.15, 0.2) is 6.10 Å². The van der Waals surface area contributed by atoms with Crippen molar-refractivity contribution in [3.8, 4) is 11.8 Å². The van der Waals surface area contributed by atoms with Crippen LogP contribution in [0.2, 0.25) is 0 Å². The van der Waals surface area contributed by atoms with E-state index in [4.69, 9.17) is 4.74 Å². The SMILES string of the molecule is CC(C)[C@H](NC(=O)C(F)(F)F)C(=O)N1C[C@H]2[C@@H]([C@H]1C(=O)NC(C#N)CC1Oc3ccccc3NC1=O)C2(C)C. The summed E-state index contributed by atoms with van der Waals surface area (Å²) in [5.41, 5.74) is 0.176. The van der Waals surface area contributed by atoms with E-state index in [0.717, 1.165) is 0 Å². The van der Waals surface area contributed by atoms with Crippen LogP contribution in [0.15, 0.2) is 24.3 Å². The quantitative estimate of drug-likeness (QED) is 0.475. The molecule has 13 heteroatoms. The van der Waals surface area contributed by atoms with Crippen LogP contribution in [0.1, 0.15) is 34.1 Å². The van der Waals surface area contributed by atoms with Crippen LogP contribution in [0.4, 0.5) is 18.9 Å². The van der Waals surface area contributed by atoms with Gasteiger partial charge in [0.2, 0.25) is 11.8 Å². The topological polar surface area (TPSA) is 141 Å². The summed E-state index contributed by atoms with van der Waals surface area (Å²) in [6.07, 6.45) is -6.40. The summed E-state index contributed by atoms with van der Waals surface area (Å²) < 4.78 is 44.4. The van der Waals surface area contributed by atoms with Crippen LogP contribution in [-0.4, -0.2) is 65.5 Å². The number of nitriles is 1. The first-order chi connectivity index (χ1) is 18.2. The molecule has 1 saturated heterocycles. The van der Waals surface area contributed by atoms with Crippen molar-refractivity contribution in [1.82, 2.24) is 15.5 Å². The highest BCUT2D eigenvalue weighted by atomic mass is 19.4. The number of likely N-dealkylation sites (tertiary alicyclic amines) is 1. The monoisotopic (exact) mass is 549 g/mol. The Balaban J connectivity index is 1.49. The van der Waals surface area contributed by atoms with Crippen LogP contribution < -0.4 is 20.7 Å². The van der Waals surface area contributed by atoms with Gasteiger partial charge in [-0.25, -0.2) is 0 Å². The molecule has 2 aliphatic heterocycles. The number of benzene rings is 1. The second-order valence-electron chi connectivity index (χ2n) is 11.1. The number of para-hydroxylation sites is 2. The minimum Gasteiger partial charge on any atom is -0.478 e. The van der Waals surface area contributed by atoms with Gasteiger partial charge in [0.1, 0.15) is 23.9 Å². The van der Waals surface area contributed by atoms with Crippen molar-refractivity contribution >= 4 is 29.3 Å². The van der Waals surface area contributed by atoms with E-state index in [1.54, 1.807) is 29.6 Å². The number of hydrogen-bond donors (Lipinski definition) is 3. The average molecular weight is 550 g/mol. The molecule has 1 saturated carbocycles. The Hall–Kier alpha value is -3.82. The number of fused-ring (bicyclic) bond motifs is 2. The molecule has 0 radical (unpaired) electrons. The van der Waals surface area contributed by atoms with Crippen molar-refractivity contribution in [3.63, 3.8) is 0 Å². The van der Waals surface area contributed by atoms with Gasteiger partial charge < -0.3 is 25.6 Å². The van der Waals surface area contributed by atoms with Gasteiger partial charge in [-0.1, -0.05) is 39.8 Å². The van der Waals surface area contributed by atoms with Crippen LogP contribution in [0.3, 0.4) is 0 Å². The molecule has 4 amide bonds. The van der Waals surface area contributed by atoms with E-state index >= 15 is 0 Å². The zero-order valence-corrected chi connectivity index (χ0v) is 21.8. The minimum atomic E-state index is -5.17. The number of nitrogens with zero attached hydrogens (tertiary/aromatic N) is 2. The number of carbonyl (C=O) groups excluding carboxylic acids is 4. The van der Waals surface area contributed by atoms with Crippen molar-refractivity contribution in [2.45, 2.75) is 64.5 Å². The largest absolute Gasteiger partial charge is 0.478 e. The maximum atomic E-state index is 13.5. The molecular weight excluding hydrogens is 519 g/mol. The molecule has 39 heavy (non-hydrogen) atoms. The third-order valence-electron chi connectivity index (χ3n) is 7.87. The van der Waals surface area contributed by atoms with Crippen LogP contribution in [0.25, 0.3) is 0 Å². The smallest absolute Gasteiger partial charge is 0.471 e. The minimum absolute atomic E-state index is 0.0761. The molecular formula is C26H30F3N5O5. The number of alkyl halides is 3. The van der Waals surface area contributed by atoms with Crippen molar-refractivity contribution < 1.29 is 37.1 Å². The number of nitrogens with one attached hydrogen (secondary N) is 3. The number of amides is 4. The van der Waals surface area contributed by atoms with E-state index in [-0.39, 0.29) is 30.2 Å². The lowest BCUT2D eigenvalue weighted by molar-refractivity contribution is -0.175. The first kappa shape index (κ1) is 28.2. The molecule has 1 aromatic rings. The van der Waals surface area contributed by atoms with Gasteiger partial charge in [-0.3, -0.25) is 19.2 Å². The zero-order valence-electron chi connectivity index (χ0n) is 21.8. The summed E-state index contributed by atoms with van der Waals surface area (Å²) in [7, 11) is 0. The molecule has 10 nitrogen and oxygen atoms in total. The molecule has 0 bridgehead atoms. The van der Waals surface area contributed by atoms with Crippen molar-refractivity contribution in [3.05, 3.63) is 24.3 Å². The number of ether oxygens (including phenoxy) is 1. The van der Waals surface area contributed by atoms with Gasteiger partial charge in [-0.15, -0.1) is 0 Å². The summed E-state index contributed by atoms with van der Waals surface area (Å²) >= 11 is 0. The maximum absolute atomic E-state index is 13.5. The molecule has 6 atom stereocenters. The first-order valence-corrected chi connectivity index (χ1v) is 12.6. The van der Waals surface area contributed by atoms with E-state index in [1.807, 2.05) is 19.9 Å². The Labute approximate surface area is 223 Å². The van der Waals surface area contributed by atoms with Crippen LogP contribution >= 0.6 is 0 Å². The van der Waals surface area contributed by atoms with Crippen molar-refractivity contribution in [2.24, 2.45) is 23.2 Å². The number of carbonyl (C=O) groups is 4. The van der Waals surface area contributed by atoms with Gasteiger partial charge in [-0.2, -0.15) is 18.4 Å². The number of piperidine rings is 1. The lowest BCUT2D eigenvalue weighted by atomic mass is 9.97. The molecule has 0 spiro atoms. The van der Waals surface area contributed by atoms with E-state index in [9.17, 15) is 37.6 Å². The summed E-state index contributed by atoms with van der Waals surface area (Å²) in [5, 5.41) is 16.8. The molecule has 2 fully saturated rings. The highest BCUT2D eigenvalue weighted by Crippen LogP contribution is 2.65. The summed E-state index contributed by atoms with van der Waals surface area (Å²) in [5.74, 6) is -4.81. The van der Waals surface area contributed by atoms with Crippen LogP contribution in [-0.2, 0) is 19.2 Å². The molecule has 4 rings (SSSR count). The number of rotatable bonds is 7. The van der Waals surface area contributed by atoms with Crippen LogP contribution in [0.5, 0.6) is 5.75 Å². The Morgan fingerprint density at radius 1 is 1.23 bits per heavy atom. The molecule has 3 N–H and O–H groups in total. The first-order valence-electron chi connectivity index (χ1n) is 12.6. The highest BCUT2D eigenvalue weighted by Gasteiger charge is 2.69. The Kier molecular flexibility index (Phi) is 7.27. The standard InChI is InChI=1S/C26H30F3N5O5/c1-12(2)19(33-24(38)26(27,28)29)23(37)34-11-14-18(25(14,3)4)20(34)22(36)31-13(10-30)9-17-21(35)32-15-7-5-6-8-16(15)39-17/h5-8,12-14,17-20H,9,11H2,1-4H3,(H,31,36)(H,32,35)(H,33,38)/t13?,14-,17?,18-,19-,20-/m0/s1. The van der Waals surface area contributed by atoms with Crippen molar-refractivity contribution in [1.29, 1.82) is 5.26 Å². The predicted molar refractivity (Wildman–Crippen MR) is 131 cm³/mol. The molecule has 210 valence electrons. The zero-order chi connectivity index (χ0) is 28.9. The van der Waals surface area contributed by atoms with E-state index in [1.165, 1.54) is 18.7 Å². The summed E-state index contributed by atoms with van der Waals surface area (Å²) in [4.78, 5) is 52.2. The fourth-order valence-electron chi connectivity index (χ4n) is 5.59. The number of hydrogen-bond acceptors (Lipinski definition) is 6. The molecule has 1 aromatic carbocycles.